The van der Waals surface area contributed by atoms with E-state index in [1.165, 1.54) is 18.6 Å². The summed E-state index contributed by atoms with van der Waals surface area (Å²) < 4.78 is 2.30. The lowest BCUT2D eigenvalue weighted by Crippen LogP contribution is -2.53. The van der Waals surface area contributed by atoms with Crippen LogP contribution in [0.1, 0.15) is 26.1 Å². The van der Waals surface area contributed by atoms with Gasteiger partial charge in [-0.05, 0) is 38.9 Å². The van der Waals surface area contributed by atoms with Crippen LogP contribution in [0.15, 0.2) is 29.3 Å². The molecule has 1 aromatic carbocycles. The Morgan fingerprint density at radius 3 is 2.60 bits per heavy atom. The second-order valence-electron chi connectivity index (χ2n) is 7.85. The lowest BCUT2D eigenvalue weighted by atomic mass is 10.2. The molecule has 2 N–H and O–H groups in total. The molecule has 3 rings (SSSR count). The van der Waals surface area contributed by atoms with Gasteiger partial charge < -0.3 is 20.1 Å². The van der Waals surface area contributed by atoms with Gasteiger partial charge in [-0.25, -0.2) is 4.98 Å². The normalized spacial score (nSPS) is 17.0. The van der Waals surface area contributed by atoms with Gasteiger partial charge in [0, 0.05) is 58.9 Å². The fraction of sp³-hybridized carbons (Fsp3) is 0.636. The van der Waals surface area contributed by atoms with Gasteiger partial charge >= 0.3 is 0 Å². The van der Waals surface area contributed by atoms with Gasteiger partial charge in [-0.2, -0.15) is 0 Å². The van der Waals surface area contributed by atoms with E-state index in [1.54, 1.807) is 0 Å². The Labute approximate surface area is 198 Å². The number of imidazole rings is 1. The third-order valence-corrected chi connectivity index (χ3v) is 5.96. The lowest BCUT2D eigenvalue weighted by Gasteiger charge is -2.37. The van der Waals surface area contributed by atoms with Crippen LogP contribution in [0.25, 0.3) is 11.0 Å². The molecule has 1 atom stereocenters. The molecule has 2 heterocycles. The zero-order chi connectivity index (χ0) is 20.6. The predicted molar refractivity (Wildman–Crippen MR) is 137 cm³/mol. The van der Waals surface area contributed by atoms with E-state index in [-0.39, 0.29) is 24.0 Å². The van der Waals surface area contributed by atoms with Gasteiger partial charge in [0.1, 0.15) is 5.82 Å². The largest absolute Gasteiger partial charge is 0.356 e. The van der Waals surface area contributed by atoms with Gasteiger partial charge in [0.2, 0.25) is 0 Å². The minimum absolute atomic E-state index is 0. The maximum absolute atomic E-state index is 4.65. The molecule has 8 heteroatoms. The lowest BCUT2D eigenvalue weighted by molar-refractivity contribution is 0.107. The van der Waals surface area contributed by atoms with Crippen LogP contribution in [0.3, 0.4) is 0 Å². The Hall–Kier alpha value is -1.39. The molecular formula is C22H38IN7. The number of para-hydroxylation sites is 2. The summed E-state index contributed by atoms with van der Waals surface area (Å²) in [5.41, 5.74) is 2.29. The first-order chi connectivity index (χ1) is 14.1. The Bertz CT molecular complexity index is 796. The van der Waals surface area contributed by atoms with Crippen molar-refractivity contribution in [1.29, 1.82) is 0 Å². The number of piperazine rings is 1. The number of rotatable bonds is 8. The summed E-state index contributed by atoms with van der Waals surface area (Å²) in [5, 5.41) is 6.94. The monoisotopic (exact) mass is 527 g/mol. The minimum atomic E-state index is 0. The summed E-state index contributed by atoms with van der Waals surface area (Å²) >= 11 is 0. The van der Waals surface area contributed by atoms with Crippen LogP contribution in [-0.2, 0) is 6.54 Å². The first-order valence-electron chi connectivity index (χ1n) is 10.9. The number of aliphatic imine (C=N–C) groups is 1. The highest BCUT2D eigenvalue weighted by Gasteiger charge is 2.20. The van der Waals surface area contributed by atoms with Crippen LogP contribution < -0.4 is 10.6 Å². The number of hydrogen-bond donors (Lipinski definition) is 2. The SMILES string of the molecule is CCN1CCN(C(C)CNC(=NC)NCCCn2c(C)nc3ccccc32)CC1.I. The van der Waals surface area contributed by atoms with Crippen molar-refractivity contribution < 1.29 is 0 Å². The number of nitrogens with zero attached hydrogens (tertiary/aromatic N) is 5. The third kappa shape index (κ3) is 6.55. The van der Waals surface area contributed by atoms with Crippen LogP contribution in [-0.4, -0.2) is 84.2 Å². The van der Waals surface area contributed by atoms with Gasteiger partial charge in [-0.3, -0.25) is 9.89 Å². The van der Waals surface area contributed by atoms with Crippen molar-refractivity contribution in [2.75, 3.05) is 52.9 Å². The molecule has 168 valence electrons. The van der Waals surface area contributed by atoms with E-state index in [0.29, 0.717) is 6.04 Å². The maximum atomic E-state index is 4.65. The van der Waals surface area contributed by atoms with E-state index in [2.05, 4.69) is 73.9 Å². The highest BCUT2D eigenvalue weighted by Crippen LogP contribution is 2.15. The van der Waals surface area contributed by atoms with E-state index in [1.807, 2.05) is 13.1 Å². The standard InChI is InChI=1S/C22H37N7.HI/c1-5-27-13-15-28(16-14-27)18(2)17-25-22(23-4)24-11-8-12-29-19(3)26-20-9-6-7-10-21(20)29;/h6-7,9-10,18H,5,8,11-17H2,1-4H3,(H2,23,24,25);1H. The van der Waals surface area contributed by atoms with E-state index >= 15 is 0 Å². The molecule has 0 bridgehead atoms. The van der Waals surface area contributed by atoms with E-state index in [0.717, 1.165) is 63.0 Å². The number of hydrogen-bond acceptors (Lipinski definition) is 4. The Kier molecular flexibility index (Phi) is 10.3. The molecule has 1 aliphatic rings. The maximum Gasteiger partial charge on any atom is 0.191 e. The molecule has 1 aromatic heterocycles. The van der Waals surface area contributed by atoms with Crippen LogP contribution in [0.2, 0.25) is 0 Å². The predicted octanol–water partition coefficient (Wildman–Crippen LogP) is 2.54. The Morgan fingerprint density at radius 1 is 1.17 bits per heavy atom. The van der Waals surface area contributed by atoms with Gasteiger partial charge in [0.05, 0.1) is 11.0 Å². The van der Waals surface area contributed by atoms with E-state index in [4.69, 9.17) is 0 Å². The fourth-order valence-electron chi connectivity index (χ4n) is 4.04. The van der Waals surface area contributed by atoms with E-state index < -0.39 is 0 Å². The van der Waals surface area contributed by atoms with Crippen molar-refractivity contribution in [2.24, 2.45) is 4.99 Å². The first-order valence-corrected chi connectivity index (χ1v) is 10.9. The van der Waals surface area contributed by atoms with Crippen LogP contribution in [0.5, 0.6) is 0 Å². The van der Waals surface area contributed by atoms with Crippen LogP contribution in [0, 0.1) is 6.92 Å². The molecule has 1 aliphatic heterocycles. The molecule has 2 aromatic rings. The van der Waals surface area contributed by atoms with Gasteiger partial charge in [0.15, 0.2) is 5.96 Å². The zero-order valence-electron chi connectivity index (χ0n) is 18.9. The molecule has 0 radical (unpaired) electrons. The number of benzene rings is 1. The second kappa shape index (κ2) is 12.5. The van der Waals surface area contributed by atoms with Crippen LogP contribution >= 0.6 is 24.0 Å². The van der Waals surface area contributed by atoms with Crippen molar-refractivity contribution in [3.05, 3.63) is 30.1 Å². The number of nitrogens with one attached hydrogen (secondary N) is 2. The number of halogens is 1. The molecule has 0 amide bonds. The molecule has 30 heavy (non-hydrogen) atoms. The number of guanidine groups is 1. The van der Waals surface area contributed by atoms with E-state index in [9.17, 15) is 0 Å². The number of aromatic nitrogens is 2. The zero-order valence-corrected chi connectivity index (χ0v) is 21.2. The quantitative estimate of drug-likeness (QED) is 0.239. The molecule has 0 aliphatic carbocycles. The average molecular weight is 527 g/mol. The summed E-state index contributed by atoms with van der Waals surface area (Å²) in [7, 11) is 1.84. The Morgan fingerprint density at radius 2 is 1.90 bits per heavy atom. The smallest absolute Gasteiger partial charge is 0.191 e. The van der Waals surface area contributed by atoms with Crippen LogP contribution in [0.4, 0.5) is 0 Å². The second-order valence-corrected chi connectivity index (χ2v) is 7.85. The number of fused-ring (bicyclic) bond motifs is 1. The summed E-state index contributed by atoms with van der Waals surface area (Å²) in [6, 6.07) is 8.85. The summed E-state index contributed by atoms with van der Waals surface area (Å²) in [6.07, 6.45) is 1.02. The minimum Gasteiger partial charge on any atom is -0.356 e. The number of likely N-dealkylation sites (N-methyl/N-ethyl adjacent to an activating group) is 1. The van der Waals surface area contributed by atoms with Crippen molar-refractivity contribution in [3.63, 3.8) is 0 Å². The molecule has 7 nitrogen and oxygen atoms in total. The van der Waals surface area contributed by atoms with Gasteiger partial charge in [-0.1, -0.05) is 19.1 Å². The van der Waals surface area contributed by atoms with Crippen molar-refractivity contribution in [2.45, 2.75) is 39.8 Å². The molecular weight excluding hydrogens is 489 g/mol. The van der Waals surface area contributed by atoms with Crippen molar-refractivity contribution >= 4 is 41.0 Å². The highest BCUT2D eigenvalue weighted by molar-refractivity contribution is 14.0. The van der Waals surface area contributed by atoms with Crippen molar-refractivity contribution in [1.82, 2.24) is 30.0 Å². The fourth-order valence-corrected chi connectivity index (χ4v) is 4.04. The van der Waals surface area contributed by atoms with Gasteiger partial charge in [-0.15, -0.1) is 24.0 Å². The third-order valence-electron chi connectivity index (χ3n) is 5.96. The highest BCUT2D eigenvalue weighted by atomic mass is 127. The molecule has 0 spiro atoms. The first kappa shape index (κ1) is 24.9. The molecule has 0 saturated carbocycles. The number of aryl methyl sites for hydroxylation is 2. The Balaban J connectivity index is 0.00000320. The van der Waals surface area contributed by atoms with Crippen molar-refractivity contribution in [3.8, 4) is 0 Å². The average Bonchev–Trinajstić information content (AvgIpc) is 3.08. The van der Waals surface area contributed by atoms with Gasteiger partial charge in [0.25, 0.3) is 0 Å². The topological polar surface area (TPSA) is 60.7 Å². The summed E-state index contributed by atoms with van der Waals surface area (Å²) in [4.78, 5) is 14.1. The summed E-state index contributed by atoms with van der Waals surface area (Å²) in [6.45, 7) is 15.2. The molecule has 1 saturated heterocycles. The summed E-state index contributed by atoms with van der Waals surface area (Å²) in [5.74, 6) is 1.96. The molecule has 1 fully saturated rings. The molecule has 1 unspecified atom stereocenters.